The van der Waals surface area contributed by atoms with Crippen molar-refractivity contribution >= 4 is 11.6 Å². The van der Waals surface area contributed by atoms with Crippen molar-refractivity contribution in [3.05, 3.63) is 29.5 Å². The molecule has 0 saturated heterocycles. The van der Waals surface area contributed by atoms with Crippen LogP contribution in [0.5, 0.6) is 0 Å². The van der Waals surface area contributed by atoms with Gasteiger partial charge in [0, 0.05) is 6.20 Å². The van der Waals surface area contributed by atoms with Crippen LogP contribution in [0.25, 0.3) is 5.65 Å². The van der Waals surface area contributed by atoms with Gasteiger partial charge in [-0.1, -0.05) is 0 Å². The molecule has 2 heterocycles. The number of aromatic nitrogens is 3. The largest absolute Gasteiger partial charge is 0.462 e. The minimum atomic E-state index is -0.345. The summed E-state index contributed by atoms with van der Waals surface area (Å²) < 4.78 is 6.74. The van der Waals surface area contributed by atoms with Gasteiger partial charge in [0.05, 0.1) is 6.61 Å². The Morgan fingerprint density at radius 1 is 1.44 bits per heavy atom. The predicted molar refractivity (Wildman–Crippen MR) is 58.4 cm³/mol. The topological polar surface area (TPSA) is 56.5 Å². The first-order valence-electron chi connectivity index (χ1n) is 5.13. The fourth-order valence-electron chi connectivity index (χ4n) is 1.63. The van der Waals surface area contributed by atoms with E-state index in [0.29, 0.717) is 23.6 Å². The van der Waals surface area contributed by atoms with Gasteiger partial charge in [0.1, 0.15) is 17.2 Å². The van der Waals surface area contributed by atoms with Crippen LogP contribution in [0.4, 0.5) is 0 Å². The number of rotatable bonds is 2. The van der Waals surface area contributed by atoms with Crippen LogP contribution >= 0.6 is 0 Å². The number of hydrogen-bond acceptors (Lipinski definition) is 4. The van der Waals surface area contributed by atoms with E-state index in [4.69, 9.17) is 4.74 Å². The lowest BCUT2D eigenvalue weighted by Gasteiger charge is -2.03. The van der Waals surface area contributed by atoms with Gasteiger partial charge in [-0.2, -0.15) is 0 Å². The molecule has 0 fully saturated rings. The Balaban J connectivity index is 2.60. The zero-order valence-electron chi connectivity index (χ0n) is 9.52. The van der Waals surface area contributed by atoms with Crippen LogP contribution in [0.1, 0.15) is 28.9 Å². The molecule has 0 radical (unpaired) electrons. The van der Waals surface area contributed by atoms with Crippen molar-refractivity contribution in [2.75, 3.05) is 6.61 Å². The van der Waals surface area contributed by atoms with Gasteiger partial charge in [0.2, 0.25) is 0 Å². The fraction of sp³-hybridized carbons (Fsp3) is 0.364. The number of ether oxygens (including phenoxy) is 1. The van der Waals surface area contributed by atoms with Crippen LogP contribution in [-0.4, -0.2) is 26.9 Å². The zero-order chi connectivity index (χ0) is 11.7. The number of fused-ring (bicyclic) bond motifs is 1. The molecule has 0 aliphatic heterocycles. The van der Waals surface area contributed by atoms with Crippen molar-refractivity contribution in [2.24, 2.45) is 0 Å². The van der Waals surface area contributed by atoms with Crippen LogP contribution in [0.3, 0.4) is 0 Å². The Bertz CT molecular complexity index is 545. The van der Waals surface area contributed by atoms with E-state index in [1.165, 1.54) is 0 Å². The average Bonchev–Trinajstić information content (AvgIpc) is 2.61. The highest BCUT2D eigenvalue weighted by molar-refractivity contribution is 5.96. The lowest BCUT2D eigenvalue weighted by atomic mass is 10.3. The van der Waals surface area contributed by atoms with Gasteiger partial charge < -0.3 is 4.74 Å². The van der Waals surface area contributed by atoms with Crippen molar-refractivity contribution in [3.63, 3.8) is 0 Å². The molecule has 0 aromatic carbocycles. The molecule has 0 aliphatic carbocycles. The number of carbonyl (C=O) groups is 1. The summed E-state index contributed by atoms with van der Waals surface area (Å²) in [5.41, 5.74) is 1.08. The van der Waals surface area contributed by atoms with Crippen LogP contribution in [-0.2, 0) is 4.74 Å². The quantitative estimate of drug-likeness (QED) is 0.718. The normalized spacial score (nSPS) is 10.7. The average molecular weight is 219 g/mol. The van der Waals surface area contributed by atoms with Gasteiger partial charge in [0.15, 0.2) is 5.65 Å². The molecule has 0 spiro atoms. The summed E-state index contributed by atoms with van der Waals surface area (Å²) in [6, 6.07) is 1.70. The van der Waals surface area contributed by atoms with E-state index in [2.05, 4.69) is 9.97 Å². The van der Waals surface area contributed by atoms with Crippen molar-refractivity contribution in [2.45, 2.75) is 20.8 Å². The third kappa shape index (κ3) is 1.64. The first-order chi connectivity index (χ1) is 7.63. The number of nitrogens with zero attached hydrogens (tertiary/aromatic N) is 3. The van der Waals surface area contributed by atoms with E-state index in [1.54, 1.807) is 30.5 Å². The molecule has 0 N–H and O–H groups in total. The molecule has 0 bridgehead atoms. The zero-order valence-corrected chi connectivity index (χ0v) is 9.52. The Labute approximate surface area is 93.1 Å². The van der Waals surface area contributed by atoms with E-state index >= 15 is 0 Å². The summed E-state index contributed by atoms with van der Waals surface area (Å²) in [5.74, 6) is 1.11. The van der Waals surface area contributed by atoms with Gasteiger partial charge in [-0.05, 0) is 26.8 Å². The molecule has 0 unspecified atom stereocenters. The minimum absolute atomic E-state index is 0.345. The van der Waals surface area contributed by atoms with Crippen molar-refractivity contribution < 1.29 is 9.53 Å². The molecule has 2 aromatic rings. The van der Waals surface area contributed by atoms with Crippen LogP contribution in [0.2, 0.25) is 0 Å². The summed E-state index contributed by atoms with van der Waals surface area (Å²) in [6.45, 7) is 5.81. The fourth-order valence-corrected chi connectivity index (χ4v) is 1.63. The number of aryl methyl sites for hydroxylation is 2. The maximum atomic E-state index is 11.6. The van der Waals surface area contributed by atoms with E-state index in [0.717, 1.165) is 5.82 Å². The molecule has 84 valence electrons. The van der Waals surface area contributed by atoms with Gasteiger partial charge in [-0.3, -0.25) is 4.40 Å². The maximum Gasteiger partial charge on any atom is 0.341 e. The number of esters is 1. The molecule has 0 amide bonds. The van der Waals surface area contributed by atoms with Crippen molar-refractivity contribution in [1.29, 1.82) is 0 Å². The Hall–Kier alpha value is -1.91. The third-order valence-electron chi connectivity index (χ3n) is 2.29. The van der Waals surface area contributed by atoms with E-state index in [-0.39, 0.29) is 5.97 Å². The van der Waals surface area contributed by atoms with Crippen LogP contribution in [0.15, 0.2) is 12.3 Å². The van der Waals surface area contributed by atoms with Crippen molar-refractivity contribution in [3.8, 4) is 0 Å². The highest BCUT2D eigenvalue weighted by Crippen LogP contribution is 2.13. The molecule has 5 nitrogen and oxygen atoms in total. The van der Waals surface area contributed by atoms with Gasteiger partial charge in [-0.15, -0.1) is 0 Å². The molecular weight excluding hydrogens is 206 g/mol. The summed E-state index contributed by atoms with van der Waals surface area (Å²) in [4.78, 5) is 20.1. The SMILES string of the molecule is CCOC(=O)c1ccn2c(C)nc(C)nc12. The standard InChI is InChI=1S/C11H13N3O2/c1-4-16-11(15)9-5-6-14-8(3)12-7(2)13-10(9)14/h5-6H,4H2,1-3H3. The minimum Gasteiger partial charge on any atom is -0.462 e. The molecule has 5 heteroatoms. The Kier molecular flexibility index (Phi) is 2.60. The van der Waals surface area contributed by atoms with E-state index in [1.807, 2.05) is 6.92 Å². The van der Waals surface area contributed by atoms with Gasteiger partial charge in [0.25, 0.3) is 0 Å². The lowest BCUT2D eigenvalue weighted by molar-refractivity contribution is 0.0528. The van der Waals surface area contributed by atoms with E-state index < -0.39 is 0 Å². The maximum absolute atomic E-state index is 11.6. The second-order valence-corrected chi connectivity index (χ2v) is 3.46. The highest BCUT2D eigenvalue weighted by atomic mass is 16.5. The predicted octanol–water partition coefficient (Wildman–Crippen LogP) is 1.52. The molecule has 0 atom stereocenters. The molecular formula is C11H13N3O2. The monoisotopic (exact) mass is 219 g/mol. The number of hydrogen-bond donors (Lipinski definition) is 0. The van der Waals surface area contributed by atoms with Gasteiger partial charge in [-0.25, -0.2) is 14.8 Å². The second-order valence-electron chi connectivity index (χ2n) is 3.46. The second kappa shape index (κ2) is 3.92. The van der Waals surface area contributed by atoms with Gasteiger partial charge >= 0.3 is 5.97 Å². The van der Waals surface area contributed by atoms with E-state index in [9.17, 15) is 4.79 Å². The molecule has 0 saturated carbocycles. The highest BCUT2D eigenvalue weighted by Gasteiger charge is 2.15. The Morgan fingerprint density at radius 3 is 2.88 bits per heavy atom. The summed E-state index contributed by atoms with van der Waals surface area (Å²) in [6.07, 6.45) is 1.77. The molecule has 0 aliphatic rings. The smallest absolute Gasteiger partial charge is 0.341 e. The first-order valence-corrected chi connectivity index (χ1v) is 5.13. The first kappa shape index (κ1) is 10.6. The molecule has 16 heavy (non-hydrogen) atoms. The molecule has 2 rings (SSSR count). The van der Waals surface area contributed by atoms with Crippen molar-refractivity contribution in [1.82, 2.24) is 14.4 Å². The summed E-state index contributed by atoms with van der Waals surface area (Å²) in [7, 11) is 0. The van der Waals surface area contributed by atoms with Crippen LogP contribution < -0.4 is 0 Å². The third-order valence-corrected chi connectivity index (χ3v) is 2.29. The number of carbonyl (C=O) groups excluding carboxylic acids is 1. The Morgan fingerprint density at radius 2 is 2.19 bits per heavy atom. The van der Waals surface area contributed by atoms with Crippen LogP contribution in [0, 0.1) is 13.8 Å². The summed E-state index contributed by atoms with van der Waals surface area (Å²) >= 11 is 0. The summed E-state index contributed by atoms with van der Waals surface area (Å²) in [5, 5.41) is 0. The lowest BCUT2D eigenvalue weighted by Crippen LogP contribution is -2.07. The molecule has 2 aromatic heterocycles.